The van der Waals surface area contributed by atoms with E-state index in [0.29, 0.717) is 10.5 Å². The Labute approximate surface area is 105 Å². The van der Waals surface area contributed by atoms with Gasteiger partial charge in [0.15, 0.2) is 4.80 Å². The Morgan fingerprint density at radius 1 is 1.22 bits per heavy atom. The summed E-state index contributed by atoms with van der Waals surface area (Å²) in [5, 5.41) is 7.70. The van der Waals surface area contributed by atoms with E-state index in [1.165, 1.54) is 35.6 Å². The minimum Gasteiger partial charge on any atom is -0.406 e. The number of nitrogens with zero attached hydrogens (tertiary/aromatic N) is 1. The van der Waals surface area contributed by atoms with Crippen molar-refractivity contribution in [1.29, 1.82) is 5.41 Å². The average Bonchev–Trinajstić information content (AvgIpc) is 2.57. The summed E-state index contributed by atoms with van der Waals surface area (Å²) in [6, 6.07) is 5.40. The number of nitrogens with one attached hydrogen (secondary N) is 1. The number of thiazole rings is 1. The quantitative estimate of drug-likeness (QED) is 0.897. The Morgan fingerprint density at radius 2 is 1.83 bits per heavy atom. The predicted octanol–water partition coefficient (Wildman–Crippen LogP) is 3.23. The number of rotatable bonds is 2. The number of hydrogen-bond acceptors (Lipinski definition) is 3. The molecule has 0 spiro atoms. The maximum absolute atomic E-state index is 12.0. The van der Waals surface area contributed by atoms with Gasteiger partial charge in [-0.3, -0.25) is 9.98 Å². The number of halogens is 3. The number of aryl methyl sites for hydroxylation is 1. The highest BCUT2D eigenvalue weighted by molar-refractivity contribution is 7.09. The molecular weight excluding hydrogens is 265 g/mol. The lowest BCUT2D eigenvalue weighted by molar-refractivity contribution is -0.274. The monoisotopic (exact) mass is 274 g/mol. The maximum atomic E-state index is 12.0. The van der Waals surface area contributed by atoms with E-state index in [0.717, 1.165) is 4.88 Å². The van der Waals surface area contributed by atoms with Gasteiger partial charge in [0.2, 0.25) is 0 Å². The number of alkyl halides is 3. The summed E-state index contributed by atoms with van der Waals surface area (Å²) >= 11 is 1.30. The van der Waals surface area contributed by atoms with Gasteiger partial charge in [-0.25, -0.2) is 0 Å². The molecule has 1 heterocycles. The van der Waals surface area contributed by atoms with E-state index in [9.17, 15) is 13.2 Å². The van der Waals surface area contributed by atoms with Crippen molar-refractivity contribution in [2.24, 2.45) is 0 Å². The van der Waals surface area contributed by atoms with E-state index < -0.39 is 6.36 Å². The second kappa shape index (κ2) is 4.49. The van der Waals surface area contributed by atoms with Gasteiger partial charge < -0.3 is 4.74 Å². The van der Waals surface area contributed by atoms with Crippen LogP contribution in [0, 0.1) is 12.3 Å². The van der Waals surface area contributed by atoms with E-state index in [1.54, 1.807) is 10.8 Å². The zero-order chi connectivity index (χ0) is 13.3. The molecule has 0 atom stereocenters. The molecule has 0 aliphatic rings. The van der Waals surface area contributed by atoms with Crippen LogP contribution in [-0.4, -0.2) is 10.9 Å². The topological polar surface area (TPSA) is 38.0 Å². The van der Waals surface area contributed by atoms with Crippen molar-refractivity contribution in [3.8, 4) is 11.4 Å². The number of benzene rings is 1. The Morgan fingerprint density at radius 3 is 2.28 bits per heavy atom. The van der Waals surface area contributed by atoms with Crippen LogP contribution < -0.4 is 9.54 Å². The lowest BCUT2D eigenvalue weighted by atomic mass is 10.3. The van der Waals surface area contributed by atoms with Crippen LogP contribution in [0.25, 0.3) is 5.69 Å². The van der Waals surface area contributed by atoms with Gasteiger partial charge in [0, 0.05) is 16.8 Å². The molecule has 0 fully saturated rings. The Kier molecular flexibility index (Phi) is 3.16. The fourth-order valence-electron chi connectivity index (χ4n) is 1.47. The minimum atomic E-state index is -4.69. The second-order valence-corrected chi connectivity index (χ2v) is 4.79. The van der Waals surface area contributed by atoms with Crippen molar-refractivity contribution in [1.82, 2.24) is 4.57 Å². The summed E-state index contributed by atoms with van der Waals surface area (Å²) in [4.78, 5) is 1.27. The van der Waals surface area contributed by atoms with Crippen LogP contribution in [0.1, 0.15) is 4.88 Å². The molecule has 96 valence electrons. The zero-order valence-electron chi connectivity index (χ0n) is 9.28. The minimum absolute atomic E-state index is 0.273. The summed E-state index contributed by atoms with van der Waals surface area (Å²) < 4.78 is 41.3. The first-order valence-corrected chi connectivity index (χ1v) is 5.77. The van der Waals surface area contributed by atoms with Crippen LogP contribution in [-0.2, 0) is 0 Å². The van der Waals surface area contributed by atoms with Crippen LogP contribution in [0.15, 0.2) is 30.5 Å². The molecule has 2 aromatic rings. The summed E-state index contributed by atoms with van der Waals surface area (Å²) in [6.45, 7) is 1.86. The third-order valence-corrected chi connectivity index (χ3v) is 2.95. The highest BCUT2D eigenvalue weighted by Crippen LogP contribution is 2.23. The number of ether oxygens (including phenoxy) is 1. The molecule has 1 aromatic heterocycles. The van der Waals surface area contributed by atoms with Crippen LogP contribution in [0.3, 0.4) is 0 Å². The number of hydrogen-bond donors (Lipinski definition) is 1. The zero-order valence-corrected chi connectivity index (χ0v) is 10.1. The molecule has 0 saturated heterocycles. The lowest BCUT2D eigenvalue weighted by Gasteiger charge is -2.09. The van der Waals surface area contributed by atoms with Gasteiger partial charge in [0.1, 0.15) is 5.75 Å². The molecule has 18 heavy (non-hydrogen) atoms. The van der Waals surface area contributed by atoms with E-state index in [4.69, 9.17) is 5.41 Å². The van der Waals surface area contributed by atoms with Crippen molar-refractivity contribution in [2.45, 2.75) is 13.3 Å². The lowest BCUT2D eigenvalue weighted by Crippen LogP contribution is -2.17. The van der Waals surface area contributed by atoms with Crippen LogP contribution in [0.2, 0.25) is 0 Å². The van der Waals surface area contributed by atoms with E-state index in [1.807, 2.05) is 6.92 Å². The molecule has 1 aromatic carbocycles. The molecule has 0 radical (unpaired) electrons. The van der Waals surface area contributed by atoms with Crippen molar-refractivity contribution < 1.29 is 17.9 Å². The van der Waals surface area contributed by atoms with Crippen molar-refractivity contribution in [3.05, 3.63) is 40.1 Å². The van der Waals surface area contributed by atoms with Crippen molar-refractivity contribution >= 4 is 11.3 Å². The van der Waals surface area contributed by atoms with Gasteiger partial charge >= 0.3 is 6.36 Å². The molecule has 2 rings (SSSR count). The Bertz CT molecular complexity index is 598. The van der Waals surface area contributed by atoms with Gasteiger partial charge in [0.05, 0.1) is 0 Å². The highest BCUT2D eigenvalue weighted by Gasteiger charge is 2.30. The number of aromatic nitrogens is 1. The molecule has 0 saturated carbocycles. The SMILES string of the molecule is Cc1cn(-c2ccc(OC(F)(F)F)cc2)c(=N)s1. The van der Waals surface area contributed by atoms with Gasteiger partial charge in [-0.05, 0) is 31.2 Å². The Balaban J connectivity index is 2.28. The summed E-state index contributed by atoms with van der Waals surface area (Å²) in [5.41, 5.74) is 0.624. The van der Waals surface area contributed by atoms with Crippen molar-refractivity contribution in [3.63, 3.8) is 0 Å². The van der Waals surface area contributed by atoms with Gasteiger partial charge in [-0.15, -0.1) is 24.5 Å². The highest BCUT2D eigenvalue weighted by atomic mass is 32.1. The molecule has 1 N–H and O–H groups in total. The van der Waals surface area contributed by atoms with Gasteiger partial charge in [0.25, 0.3) is 0 Å². The molecule has 0 bridgehead atoms. The van der Waals surface area contributed by atoms with E-state index in [2.05, 4.69) is 4.74 Å². The molecule has 0 aliphatic heterocycles. The standard InChI is InChI=1S/C11H9F3N2OS/c1-7-6-16(10(15)18-7)8-2-4-9(5-3-8)17-11(12,13)14/h2-6,15H,1H3. The van der Waals surface area contributed by atoms with E-state index >= 15 is 0 Å². The van der Waals surface area contributed by atoms with Crippen LogP contribution in [0.4, 0.5) is 13.2 Å². The van der Waals surface area contributed by atoms with E-state index in [-0.39, 0.29) is 5.75 Å². The van der Waals surface area contributed by atoms with Crippen LogP contribution in [0.5, 0.6) is 5.75 Å². The normalized spacial score (nSPS) is 11.6. The van der Waals surface area contributed by atoms with Gasteiger partial charge in [-0.1, -0.05) is 0 Å². The third-order valence-electron chi connectivity index (χ3n) is 2.14. The first-order valence-electron chi connectivity index (χ1n) is 4.95. The fraction of sp³-hybridized carbons (Fsp3) is 0.182. The molecule has 0 aliphatic carbocycles. The smallest absolute Gasteiger partial charge is 0.406 e. The largest absolute Gasteiger partial charge is 0.573 e. The maximum Gasteiger partial charge on any atom is 0.573 e. The second-order valence-electron chi connectivity index (χ2n) is 3.56. The average molecular weight is 274 g/mol. The summed E-state index contributed by atoms with van der Waals surface area (Å²) in [6.07, 6.45) is -2.93. The summed E-state index contributed by atoms with van der Waals surface area (Å²) in [5.74, 6) is -0.273. The van der Waals surface area contributed by atoms with Crippen LogP contribution >= 0.6 is 11.3 Å². The fourth-order valence-corrected chi connectivity index (χ4v) is 2.19. The summed E-state index contributed by atoms with van der Waals surface area (Å²) in [7, 11) is 0. The third kappa shape index (κ3) is 2.92. The molecular formula is C11H9F3N2OS. The molecule has 3 nitrogen and oxygen atoms in total. The predicted molar refractivity (Wildman–Crippen MR) is 60.9 cm³/mol. The molecule has 0 amide bonds. The Hall–Kier alpha value is -1.76. The van der Waals surface area contributed by atoms with Crippen molar-refractivity contribution in [2.75, 3.05) is 0 Å². The first-order chi connectivity index (χ1) is 8.35. The first kappa shape index (κ1) is 12.7. The van der Waals surface area contributed by atoms with Gasteiger partial charge in [-0.2, -0.15) is 0 Å². The molecule has 7 heteroatoms. The molecule has 0 unspecified atom stereocenters.